The van der Waals surface area contributed by atoms with Gasteiger partial charge in [-0.2, -0.15) is 0 Å². The molecule has 1 heterocycles. The highest BCUT2D eigenvalue weighted by Gasteiger charge is 2.09. The summed E-state index contributed by atoms with van der Waals surface area (Å²) in [5.74, 6) is 0. The number of pyridine rings is 1. The van der Waals surface area contributed by atoms with E-state index in [1.807, 2.05) is 0 Å². The molecule has 1 nitrogen and oxygen atoms in total. The number of para-hydroxylation sites is 1. The van der Waals surface area contributed by atoms with Crippen LogP contribution in [0.25, 0.3) is 21.7 Å². The lowest BCUT2D eigenvalue weighted by molar-refractivity contribution is 1.11. The van der Waals surface area contributed by atoms with Crippen molar-refractivity contribution in [2.24, 2.45) is 0 Å². The first-order chi connectivity index (χ1) is 11.2. The van der Waals surface area contributed by atoms with Crippen LogP contribution in [0.1, 0.15) is 22.4 Å². The maximum atomic E-state index is 4.96. The normalized spacial score (nSPS) is 11.2. The first-order valence-corrected chi connectivity index (χ1v) is 8.04. The summed E-state index contributed by atoms with van der Waals surface area (Å²) < 4.78 is 0. The molecule has 0 aliphatic carbocycles. The first kappa shape index (κ1) is 14.0. The molecule has 4 aromatic rings. The third-order valence-electron chi connectivity index (χ3n) is 4.34. The molecule has 0 N–H and O–H groups in total. The van der Waals surface area contributed by atoms with Gasteiger partial charge in [0.05, 0.1) is 11.2 Å². The van der Waals surface area contributed by atoms with Gasteiger partial charge < -0.3 is 0 Å². The van der Waals surface area contributed by atoms with E-state index in [1.165, 1.54) is 32.8 Å². The second-order valence-corrected chi connectivity index (χ2v) is 6.29. The number of benzene rings is 3. The zero-order valence-corrected chi connectivity index (χ0v) is 13.5. The number of fused-ring (bicyclic) bond motifs is 3. The number of aryl methyl sites for hydroxylation is 2. The monoisotopic (exact) mass is 297 g/mol. The van der Waals surface area contributed by atoms with Gasteiger partial charge >= 0.3 is 0 Å². The number of hydrogen-bond acceptors (Lipinski definition) is 1. The molecular formula is C22H19N. The summed E-state index contributed by atoms with van der Waals surface area (Å²) in [5, 5.41) is 3.77. The SMILES string of the molecule is Cc1cc(C)cc(Cc2nc3ccccc3c3ccccc23)c1. The summed E-state index contributed by atoms with van der Waals surface area (Å²) in [4.78, 5) is 4.96. The maximum Gasteiger partial charge on any atom is 0.0711 e. The first-order valence-electron chi connectivity index (χ1n) is 8.04. The van der Waals surface area contributed by atoms with E-state index in [1.54, 1.807) is 0 Å². The van der Waals surface area contributed by atoms with E-state index < -0.39 is 0 Å². The van der Waals surface area contributed by atoms with Gasteiger partial charge in [-0.15, -0.1) is 0 Å². The fraction of sp³-hybridized carbons (Fsp3) is 0.136. The van der Waals surface area contributed by atoms with Crippen molar-refractivity contribution in [1.29, 1.82) is 0 Å². The fourth-order valence-electron chi connectivity index (χ4n) is 3.47. The Morgan fingerprint density at radius 2 is 1.30 bits per heavy atom. The van der Waals surface area contributed by atoms with Gasteiger partial charge in [0.25, 0.3) is 0 Å². The molecule has 112 valence electrons. The van der Waals surface area contributed by atoms with Crippen LogP contribution in [0.3, 0.4) is 0 Å². The molecule has 0 atom stereocenters. The minimum Gasteiger partial charge on any atom is -0.252 e. The number of nitrogens with zero attached hydrogens (tertiary/aromatic N) is 1. The molecule has 0 fully saturated rings. The van der Waals surface area contributed by atoms with Gasteiger partial charge in [0.2, 0.25) is 0 Å². The van der Waals surface area contributed by atoms with Gasteiger partial charge in [0, 0.05) is 17.2 Å². The average molecular weight is 297 g/mol. The molecule has 23 heavy (non-hydrogen) atoms. The molecule has 0 aliphatic heterocycles. The van der Waals surface area contributed by atoms with Crippen molar-refractivity contribution < 1.29 is 0 Å². The number of hydrogen-bond donors (Lipinski definition) is 0. The number of aromatic nitrogens is 1. The smallest absolute Gasteiger partial charge is 0.0711 e. The van der Waals surface area contributed by atoms with Crippen LogP contribution < -0.4 is 0 Å². The van der Waals surface area contributed by atoms with Crippen molar-refractivity contribution in [3.63, 3.8) is 0 Å². The van der Waals surface area contributed by atoms with Crippen LogP contribution in [0.2, 0.25) is 0 Å². The Morgan fingerprint density at radius 3 is 2.04 bits per heavy atom. The van der Waals surface area contributed by atoms with E-state index in [9.17, 15) is 0 Å². The Balaban J connectivity index is 1.94. The van der Waals surface area contributed by atoms with E-state index in [4.69, 9.17) is 4.98 Å². The van der Waals surface area contributed by atoms with Crippen LogP contribution in [0, 0.1) is 13.8 Å². The predicted molar refractivity (Wildman–Crippen MR) is 98.0 cm³/mol. The number of rotatable bonds is 2. The molecule has 1 aromatic heterocycles. The van der Waals surface area contributed by atoms with Crippen molar-refractivity contribution in [3.05, 3.63) is 89.1 Å². The molecule has 0 radical (unpaired) electrons. The summed E-state index contributed by atoms with van der Waals surface area (Å²) in [6, 6.07) is 23.7. The largest absolute Gasteiger partial charge is 0.252 e. The summed E-state index contributed by atoms with van der Waals surface area (Å²) in [5.41, 5.74) is 6.18. The molecule has 0 spiro atoms. The maximum absolute atomic E-state index is 4.96. The second-order valence-electron chi connectivity index (χ2n) is 6.29. The Bertz CT molecular complexity index is 994. The summed E-state index contributed by atoms with van der Waals surface area (Å²) in [6.45, 7) is 4.31. The Morgan fingerprint density at radius 1 is 0.696 bits per heavy atom. The molecule has 0 bridgehead atoms. The molecule has 1 heteroatoms. The van der Waals surface area contributed by atoms with E-state index in [0.717, 1.165) is 17.6 Å². The molecule has 0 unspecified atom stereocenters. The predicted octanol–water partition coefficient (Wildman–Crippen LogP) is 5.60. The van der Waals surface area contributed by atoms with Crippen LogP contribution in [-0.4, -0.2) is 4.98 Å². The average Bonchev–Trinajstić information content (AvgIpc) is 2.54. The van der Waals surface area contributed by atoms with Gasteiger partial charge in [0.15, 0.2) is 0 Å². The fourth-order valence-corrected chi connectivity index (χ4v) is 3.47. The highest BCUT2D eigenvalue weighted by molar-refractivity contribution is 6.06. The van der Waals surface area contributed by atoms with Crippen molar-refractivity contribution in [2.75, 3.05) is 0 Å². The molecule has 4 rings (SSSR count). The van der Waals surface area contributed by atoms with Gasteiger partial charge in [-0.25, -0.2) is 0 Å². The van der Waals surface area contributed by atoms with E-state index >= 15 is 0 Å². The van der Waals surface area contributed by atoms with Crippen molar-refractivity contribution in [3.8, 4) is 0 Å². The van der Waals surface area contributed by atoms with Gasteiger partial charge in [-0.3, -0.25) is 4.98 Å². The molecule has 0 aliphatic rings. The minimum atomic E-state index is 0.869. The highest BCUT2D eigenvalue weighted by Crippen LogP contribution is 2.27. The van der Waals surface area contributed by atoms with Crippen molar-refractivity contribution in [2.45, 2.75) is 20.3 Å². The van der Waals surface area contributed by atoms with E-state index in [2.05, 4.69) is 80.6 Å². The lowest BCUT2D eigenvalue weighted by Gasteiger charge is -2.11. The topological polar surface area (TPSA) is 12.9 Å². The second kappa shape index (κ2) is 5.51. The summed E-state index contributed by atoms with van der Waals surface area (Å²) in [7, 11) is 0. The van der Waals surface area contributed by atoms with E-state index in [0.29, 0.717) is 0 Å². The zero-order chi connectivity index (χ0) is 15.8. The van der Waals surface area contributed by atoms with Crippen LogP contribution in [0.5, 0.6) is 0 Å². The quantitative estimate of drug-likeness (QED) is 0.439. The van der Waals surface area contributed by atoms with Gasteiger partial charge in [-0.05, 0) is 30.9 Å². The lowest BCUT2D eigenvalue weighted by Crippen LogP contribution is -1.96. The molecule has 0 saturated carbocycles. The molecule has 0 amide bonds. The van der Waals surface area contributed by atoms with Crippen LogP contribution in [0.15, 0.2) is 66.7 Å². The summed E-state index contributed by atoms with van der Waals surface area (Å²) >= 11 is 0. The minimum absolute atomic E-state index is 0.869. The Labute approximate surface area is 136 Å². The zero-order valence-electron chi connectivity index (χ0n) is 13.5. The van der Waals surface area contributed by atoms with Crippen LogP contribution in [0.4, 0.5) is 0 Å². The Hall–Kier alpha value is -2.67. The Kier molecular flexibility index (Phi) is 3.34. The van der Waals surface area contributed by atoms with Crippen LogP contribution in [-0.2, 0) is 6.42 Å². The van der Waals surface area contributed by atoms with Gasteiger partial charge in [-0.1, -0.05) is 71.8 Å². The molecule has 3 aromatic carbocycles. The van der Waals surface area contributed by atoms with Crippen molar-refractivity contribution >= 4 is 21.7 Å². The van der Waals surface area contributed by atoms with Gasteiger partial charge in [0.1, 0.15) is 0 Å². The van der Waals surface area contributed by atoms with Crippen molar-refractivity contribution in [1.82, 2.24) is 4.98 Å². The standard InChI is InChI=1S/C22H19N/c1-15-11-16(2)13-17(12-15)14-22-20-9-4-3-7-18(20)19-8-5-6-10-21(19)23-22/h3-13H,14H2,1-2H3. The van der Waals surface area contributed by atoms with E-state index in [-0.39, 0.29) is 0 Å². The summed E-state index contributed by atoms with van der Waals surface area (Å²) in [6.07, 6.45) is 0.869. The third kappa shape index (κ3) is 2.59. The highest BCUT2D eigenvalue weighted by atomic mass is 14.7. The lowest BCUT2D eigenvalue weighted by atomic mass is 9.98. The van der Waals surface area contributed by atoms with Crippen LogP contribution >= 0.6 is 0 Å². The molecule has 0 saturated heterocycles. The molecular weight excluding hydrogens is 278 g/mol. The third-order valence-corrected chi connectivity index (χ3v) is 4.34.